The van der Waals surface area contributed by atoms with E-state index in [0.29, 0.717) is 4.70 Å². The summed E-state index contributed by atoms with van der Waals surface area (Å²) in [7, 11) is 1.65. The topological polar surface area (TPSA) is 80.4 Å². The lowest BCUT2D eigenvalue weighted by atomic mass is 9.94. The Hall–Kier alpha value is -3.32. The van der Waals surface area contributed by atoms with Gasteiger partial charge in [0.25, 0.3) is 5.56 Å². The number of methoxy groups -OCH3 is 1. The molecule has 0 aliphatic carbocycles. The molecule has 33 heavy (non-hydrogen) atoms. The summed E-state index contributed by atoms with van der Waals surface area (Å²) in [6, 6.07) is 11.7. The molecular weight excluding hydrogens is 436 g/mol. The van der Waals surface area contributed by atoms with Gasteiger partial charge in [0.2, 0.25) is 0 Å². The van der Waals surface area contributed by atoms with E-state index >= 15 is 0 Å². The number of nitrogens with one attached hydrogen (secondary N) is 2. The number of H-pyrrole nitrogens is 1. The van der Waals surface area contributed by atoms with Crippen molar-refractivity contribution in [3.05, 3.63) is 63.3 Å². The van der Waals surface area contributed by atoms with Crippen molar-refractivity contribution in [1.82, 2.24) is 10.3 Å². The van der Waals surface area contributed by atoms with Crippen molar-refractivity contribution in [3.63, 3.8) is 0 Å². The highest BCUT2D eigenvalue weighted by Crippen LogP contribution is 2.41. The Bertz CT molecular complexity index is 1390. The van der Waals surface area contributed by atoms with Crippen LogP contribution in [0.3, 0.4) is 0 Å². The summed E-state index contributed by atoms with van der Waals surface area (Å²) >= 11 is 1.43. The highest BCUT2D eigenvalue weighted by Gasteiger charge is 2.20. The fourth-order valence-electron chi connectivity index (χ4n) is 4.02. The molecule has 6 nitrogen and oxygen atoms in total. The van der Waals surface area contributed by atoms with Crippen molar-refractivity contribution in [2.75, 3.05) is 7.11 Å². The van der Waals surface area contributed by atoms with Gasteiger partial charge in [-0.05, 0) is 68.8 Å². The Morgan fingerprint density at radius 2 is 1.85 bits per heavy atom. The molecule has 1 atom stereocenters. The number of pyridine rings is 1. The first-order chi connectivity index (χ1) is 15.6. The van der Waals surface area contributed by atoms with Gasteiger partial charge in [-0.25, -0.2) is 4.79 Å². The van der Waals surface area contributed by atoms with Crippen LogP contribution in [-0.2, 0) is 4.74 Å². The first-order valence-corrected chi connectivity index (χ1v) is 11.7. The van der Waals surface area contributed by atoms with Crippen molar-refractivity contribution in [2.45, 2.75) is 46.3 Å². The molecule has 172 valence electrons. The number of rotatable bonds is 4. The van der Waals surface area contributed by atoms with Crippen LogP contribution in [0.15, 0.2) is 46.6 Å². The molecule has 0 bridgehead atoms. The number of aromatic nitrogens is 1. The van der Waals surface area contributed by atoms with E-state index in [4.69, 9.17) is 9.47 Å². The molecule has 0 aliphatic rings. The zero-order valence-electron chi connectivity index (χ0n) is 19.7. The zero-order chi connectivity index (χ0) is 23.9. The smallest absolute Gasteiger partial charge is 0.408 e. The van der Waals surface area contributed by atoms with Crippen LogP contribution in [0.1, 0.15) is 44.9 Å². The minimum absolute atomic E-state index is 0.0795. The molecule has 0 saturated carbocycles. The van der Waals surface area contributed by atoms with Crippen LogP contribution in [0.2, 0.25) is 0 Å². The van der Waals surface area contributed by atoms with Gasteiger partial charge in [-0.2, -0.15) is 0 Å². The number of aryl methyl sites for hydroxylation is 1. The summed E-state index contributed by atoms with van der Waals surface area (Å²) in [6.45, 7) is 9.39. The van der Waals surface area contributed by atoms with E-state index < -0.39 is 11.7 Å². The molecule has 0 radical (unpaired) electrons. The van der Waals surface area contributed by atoms with Gasteiger partial charge in [-0.1, -0.05) is 24.3 Å². The van der Waals surface area contributed by atoms with Crippen LogP contribution >= 0.6 is 11.3 Å². The molecular formula is C26H28N2O4S. The summed E-state index contributed by atoms with van der Waals surface area (Å²) < 4.78 is 11.8. The molecule has 0 fully saturated rings. The number of hydrogen-bond acceptors (Lipinski definition) is 5. The largest absolute Gasteiger partial charge is 0.496 e. The van der Waals surface area contributed by atoms with Crippen LogP contribution < -0.4 is 15.6 Å². The van der Waals surface area contributed by atoms with Crippen molar-refractivity contribution in [3.8, 4) is 16.9 Å². The maximum absolute atomic E-state index is 12.6. The van der Waals surface area contributed by atoms with E-state index in [1.165, 1.54) is 11.3 Å². The van der Waals surface area contributed by atoms with Crippen LogP contribution in [0.5, 0.6) is 5.75 Å². The van der Waals surface area contributed by atoms with E-state index in [1.807, 2.05) is 76.4 Å². The number of fused-ring (bicyclic) bond motifs is 3. The maximum atomic E-state index is 12.6. The fourth-order valence-corrected chi connectivity index (χ4v) is 4.82. The minimum Gasteiger partial charge on any atom is -0.496 e. The molecule has 7 heteroatoms. The second kappa shape index (κ2) is 8.56. The average Bonchev–Trinajstić information content (AvgIpc) is 3.23. The summed E-state index contributed by atoms with van der Waals surface area (Å²) in [5.74, 6) is 0.743. The van der Waals surface area contributed by atoms with Crippen molar-refractivity contribution in [2.24, 2.45) is 0 Å². The minimum atomic E-state index is -0.551. The van der Waals surface area contributed by atoms with E-state index in [1.54, 1.807) is 7.11 Å². The van der Waals surface area contributed by atoms with Crippen LogP contribution in [-0.4, -0.2) is 23.8 Å². The average molecular weight is 465 g/mol. The molecule has 1 amide bonds. The molecule has 2 heterocycles. The number of benzene rings is 2. The summed E-state index contributed by atoms with van der Waals surface area (Å²) in [5, 5.41) is 6.69. The van der Waals surface area contributed by atoms with E-state index in [2.05, 4.69) is 10.3 Å². The van der Waals surface area contributed by atoms with Gasteiger partial charge in [0, 0.05) is 16.3 Å². The summed E-state index contributed by atoms with van der Waals surface area (Å²) in [6.07, 6.45) is -0.450. The normalized spacial score (nSPS) is 12.7. The first-order valence-electron chi connectivity index (χ1n) is 10.8. The second-order valence-corrected chi connectivity index (χ2v) is 10.0. The van der Waals surface area contributed by atoms with Crippen molar-refractivity contribution >= 4 is 38.4 Å². The van der Waals surface area contributed by atoms with Crippen LogP contribution in [0, 0.1) is 6.92 Å². The molecule has 2 aromatic carbocycles. The lowest BCUT2D eigenvalue weighted by Crippen LogP contribution is -2.34. The number of thiophene rings is 1. The molecule has 4 rings (SSSR count). The summed E-state index contributed by atoms with van der Waals surface area (Å²) in [5.41, 5.74) is 3.97. The Kier molecular flexibility index (Phi) is 5.93. The fraction of sp³-hybridized carbons (Fsp3) is 0.308. The van der Waals surface area contributed by atoms with Gasteiger partial charge in [0.05, 0.1) is 18.7 Å². The molecule has 0 saturated heterocycles. The molecule has 0 spiro atoms. The molecule has 0 unspecified atom stereocenters. The molecule has 2 aromatic heterocycles. The lowest BCUT2D eigenvalue weighted by Gasteiger charge is -2.22. The van der Waals surface area contributed by atoms with Gasteiger partial charge < -0.3 is 19.8 Å². The number of hydrogen-bond donors (Lipinski definition) is 2. The zero-order valence-corrected chi connectivity index (χ0v) is 20.5. The second-order valence-electron chi connectivity index (χ2n) is 9.13. The number of amides is 1. The van der Waals surface area contributed by atoms with E-state index in [9.17, 15) is 9.59 Å². The Labute approximate surface area is 196 Å². The maximum Gasteiger partial charge on any atom is 0.408 e. The molecule has 0 aliphatic heterocycles. The number of carbonyl (C=O) groups excluding carboxylic acids is 1. The molecule has 4 aromatic rings. The highest BCUT2D eigenvalue weighted by molar-refractivity contribution is 7.17. The lowest BCUT2D eigenvalue weighted by molar-refractivity contribution is 0.0508. The van der Waals surface area contributed by atoms with E-state index in [0.717, 1.165) is 44.3 Å². The SMILES string of the molecule is COc1cc(C)c2[nH]c(=O)c3sccc3c2c1-c1ccc([C@@H](C)NC(=O)OC(C)(C)C)cc1. The Morgan fingerprint density at radius 1 is 1.15 bits per heavy atom. The Morgan fingerprint density at radius 3 is 2.48 bits per heavy atom. The van der Waals surface area contributed by atoms with Crippen LogP contribution in [0.4, 0.5) is 4.79 Å². The number of carbonyl (C=O) groups is 1. The van der Waals surface area contributed by atoms with Gasteiger partial charge in [-0.3, -0.25) is 4.79 Å². The quantitative estimate of drug-likeness (QED) is 0.371. The van der Waals surface area contributed by atoms with Crippen molar-refractivity contribution in [1.29, 1.82) is 0 Å². The third-order valence-electron chi connectivity index (χ3n) is 5.52. The number of aromatic amines is 1. The van der Waals surface area contributed by atoms with Gasteiger partial charge >= 0.3 is 6.09 Å². The highest BCUT2D eigenvalue weighted by atomic mass is 32.1. The monoisotopic (exact) mass is 464 g/mol. The van der Waals surface area contributed by atoms with Gasteiger partial charge in [0.1, 0.15) is 16.1 Å². The van der Waals surface area contributed by atoms with Crippen molar-refractivity contribution < 1.29 is 14.3 Å². The predicted molar refractivity (Wildman–Crippen MR) is 134 cm³/mol. The van der Waals surface area contributed by atoms with E-state index in [-0.39, 0.29) is 11.6 Å². The number of alkyl carbamates (subject to hydrolysis) is 1. The molecule has 2 N–H and O–H groups in total. The van der Waals surface area contributed by atoms with Gasteiger partial charge in [-0.15, -0.1) is 11.3 Å². The number of ether oxygens (including phenoxy) is 2. The van der Waals surface area contributed by atoms with Gasteiger partial charge in [0.15, 0.2) is 0 Å². The third kappa shape index (κ3) is 4.46. The van der Waals surface area contributed by atoms with Crippen LogP contribution in [0.25, 0.3) is 32.1 Å². The third-order valence-corrected chi connectivity index (χ3v) is 6.43. The Balaban J connectivity index is 1.78. The standard InChI is InChI=1S/C26H28N2O4S/c1-14-13-19(31-6)20(21-18-11-12-33-23(18)24(29)28-22(14)21)17-9-7-16(8-10-17)15(2)27-25(30)32-26(3,4)5/h7-13,15H,1-6H3,(H,27,30)(H,28,29)/t15-/m1/s1. The predicted octanol–water partition coefficient (Wildman–Crippen LogP) is 6.31. The first kappa shape index (κ1) is 22.9. The summed E-state index contributed by atoms with van der Waals surface area (Å²) in [4.78, 5) is 27.8.